The largest absolute Gasteiger partial charge is 0.490 e. The van der Waals surface area contributed by atoms with Gasteiger partial charge in [-0.15, -0.1) is 0 Å². The van der Waals surface area contributed by atoms with Gasteiger partial charge in [-0.2, -0.15) is 0 Å². The van der Waals surface area contributed by atoms with E-state index in [1.807, 2.05) is 31.2 Å². The predicted octanol–water partition coefficient (Wildman–Crippen LogP) is 8.67. The van der Waals surface area contributed by atoms with Gasteiger partial charge < -0.3 is 14.8 Å². The first kappa shape index (κ1) is 26.4. The fourth-order valence-electron chi connectivity index (χ4n) is 3.96. The summed E-state index contributed by atoms with van der Waals surface area (Å²) in [5.74, 6) is 0.664. The first-order valence-electron chi connectivity index (χ1n) is 11.7. The van der Waals surface area contributed by atoms with Crippen LogP contribution < -0.4 is 14.8 Å². The molecule has 0 bridgehead atoms. The molecule has 4 aromatic rings. The summed E-state index contributed by atoms with van der Waals surface area (Å²) in [6.07, 6.45) is 1.73. The van der Waals surface area contributed by atoms with Gasteiger partial charge in [-0.3, -0.25) is 4.79 Å². The van der Waals surface area contributed by atoms with Gasteiger partial charge in [-0.1, -0.05) is 83.3 Å². The SMILES string of the molecule is CCOc1cc(/C=C2/SC(=Nc3cccc(Cl)c3Cl)NC2=O)cc(Cl)c1OCc1cccc2ccccc12. The van der Waals surface area contributed by atoms with E-state index in [0.717, 1.165) is 16.3 Å². The van der Waals surface area contributed by atoms with Crippen molar-refractivity contribution in [1.82, 2.24) is 5.32 Å². The maximum absolute atomic E-state index is 12.6. The highest BCUT2D eigenvalue weighted by Crippen LogP contribution is 2.39. The molecule has 0 aromatic heterocycles. The summed E-state index contributed by atoms with van der Waals surface area (Å²) in [6, 6.07) is 22.9. The van der Waals surface area contributed by atoms with E-state index in [4.69, 9.17) is 44.3 Å². The maximum atomic E-state index is 12.6. The number of carbonyl (C=O) groups excluding carboxylic acids is 1. The summed E-state index contributed by atoms with van der Waals surface area (Å²) in [7, 11) is 0. The molecule has 5 rings (SSSR count). The van der Waals surface area contributed by atoms with Gasteiger partial charge in [0.1, 0.15) is 6.61 Å². The molecule has 1 fully saturated rings. The Morgan fingerprint density at radius 1 is 0.947 bits per heavy atom. The molecule has 1 aliphatic heterocycles. The summed E-state index contributed by atoms with van der Waals surface area (Å²) in [6.45, 7) is 2.64. The summed E-state index contributed by atoms with van der Waals surface area (Å²) in [5, 5.41) is 6.50. The topological polar surface area (TPSA) is 59.9 Å². The molecular weight excluding hydrogens is 563 g/mol. The van der Waals surface area contributed by atoms with Crippen LogP contribution in [0.3, 0.4) is 0 Å². The first-order valence-corrected chi connectivity index (χ1v) is 13.7. The Balaban J connectivity index is 1.40. The van der Waals surface area contributed by atoms with Crippen LogP contribution in [0, 0.1) is 0 Å². The fraction of sp³-hybridized carbons (Fsp3) is 0.103. The van der Waals surface area contributed by atoms with Gasteiger partial charge in [0.25, 0.3) is 5.91 Å². The molecule has 1 saturated heterocycles. The minimum atomic E-state index is -0.280. The minimum absolute atomic E-state index is 0.280. The number of ether oxygens (including phenoxy) is 2. The standard InChI is InChI=1S/C29H21Cl3N2O3S/c1-2-36-24-14-17(15-25-28(35)34-29(38-25)33-23-12-6-11-21(30)26(23)32)13-22(31)27(24)37-16-19-9-5-8-18-7-3-4-10-20(18)19/h3-15H,2,16H2,1H3,(H,33,34,35)/b25-15+. The summed E-state index contributed by atoms with van der Waals surface area (Å²) in [5.41, 5.74) is 2.20. The Labute approximate surface area is 239 Å². The van der Waals surface area contributed by atoms with Crippen molar-refractivity contribution in [3.63, 3.8) is 0 Å². The lowest BCUT2D eigenvalue weighted by molar-refractivity contribution is -0.115. The number of rotatable bonds is 7. The van der Waals surface area contributed by atoms with Gasteiger partial charge in [0.2, 0.25) is 0 Å². The summed E-state index contributed by atoms with van der Waals surface area (Å²) in [4.78, 5) is 17.5. The van der Waals surface area contributed by atoms with Gasteiger partial charge in [-0.05, 0) is 70.9 Å². The Bertz CT molecular complexity index is 1600. The number of aliphatic imine (C=N–C) groups is 1. The van der Waals surface area contributed by atoms with Crippen LogP contribution >= 0.6 is 46.6 Å². The van der Waals surface area contributed by atoms with Crippen molar-refractivity contribution in [3.8, 4) is 11.5 Å². The number of amidine groups is 1. The minimum Gasteiger partial charge on any atom is -0.490 e. The third kappa shape index (κ3) is 5.79. The zero-order chi connectivity index (χ0) is 26.6. The van der Waals surface area contributed by atoms with Crippen molar-refractivity contribution in [2.24, 2.45) is 4.99 Å². The Hall–Kier alpha value is -3.16. The number of amides is 1. The van der Waals surface area contributed by atoms with Crippen molar-refractivity contribution in [3.05, 3.63) is 104 Å². The van der Waals surface area contributed by atoms with Crippen LogP contribution in [0.4, 0.5) is 5.69 Å². The molecule has 38 heavy (non-hydrogen) atoms. The highest BCUT2D eigenvalue weighted by Gasteiger charge is 2.25. The zero-order valence-electron chi connectivity index (χ0n) is 20.1. The van der Waals surface area contributed by atoms with E-state index in [9.17, 15) is 4.79 Å². The van der Waals surface area contributed by atoms with Crippen LogP contribution in [0.25, 0.3) is 16.8 Å². The zero-order valence-corrected chi connectivity index (χ0v) is 23.2. The van der Waals surface area contributed by atoms with E-state index in [2.05, 4.69) is 28.5 Å². The lowest BCUT2D eigenvalue weighted by Crippen LogP contribution is -2.19. The third-order valence-corrected chi connectivity index (χ3v) is 7.69. The Morgan fingerprint density at radius 2 is 1.74 bits per heavy atom. The number of carbonyl (C=O) groups is 1. The molecule has 5 nitrogen and oxygen atoms in total. The van der Waals surface area contributed by atoms with Gasteiger partial charge >= 0.3 is 0 Å². The van der Waals surface area contributed by atoms with Crippen LogP contribution in [0.5, 0.6) is 11.5 Å². The monoisotopic (exact) mass is 582 g/mol. The number of halogens is 3. The molecule has 0 unspecified atom stereocenters. The number of benzene rings is 4. The number of nitrogens with one attached hydrogen (secondary N) is 1. The van der Waals surface area contributed by atoms with Gasteiger partial charge in [0.15, 0.2) is 16.7 Å². The molecule has 0 saturated carbocycles. The smallest absolute Gasteiger partial charge is 0.264 e. The van der Waals surface area contributed by atoms with E-state index in [1.165, 1.54) is 11.8 Å². The molecule has 1 amide bonds. The Kier molecular flexibility index (Phi) is 8.15. The predicted molar refractivity (Wildman–Crippen MR) is 158 cm³/mol. The van der Waals surface area contributed by atoms with Crippen LogP contribution in [0.1, 0.15) is 18.1 Å². The van der Waals surface area contributed by atoms with Crippen LogP contribution in [-0.4, -0.2) is 17.7 Å². The van der Waals surface area contributed by atoms with Gasteiger partial charge in [0.05, 0.1) is 32.3 Å². The van der Waals surface area contributed by atoms with Crippen LogP contribution in [0.2, 0.25) is 15.1 Å². The molecule has 192 valence electrons. The van der Waals surface area contributed by atoms with Crippen molar-refractivity contribution in [1.29, 1.82) is 0 Å². The number of fused-ring (bicyclic) bond motifs is 1. The molecular formula is C29H21Cl3N2O3S. The average molecular weight is 584 g/mol. The second-order valence-electron chi connectivity index (χ2n) is 8.24. The van der Waals surface area contributed by atoms with Crippen molar-refractivity contribution in [2.75, 3.05) is 6.61 Å². The number of hydrogen-bond acceptors (Lipinski definition) is 5. The van der Waals surface area contributed by atoms with Gasteiger partial charge in [-0.25, -0.2) is 4.99 Å². The Morgan fingerprint density at radius 3 is 2.58 bits per heavy atom. The fourth-order valence-corrected chi connectivity index (χ4v) is 5.41. The molecule has 1 N–H and O–H groups in total. The van der Waals surface area contributed by atoms with Crippen LogP contribution in [-0.2, 0) is 11.4 Å². The average Bonchev–Trinajstić information content (AvgIpc) is 3.24. The van der Waals surface area contributed by atoms with E-state index < -0.39 is 0 Å². The van der Waals surface area contributed by atoms with Crippen molar-refractivity contribution < 1.29 is 14.3 Å². The lowest BCUT2D eigenvalue weighted by atomic mass is 10.1. The maximum Gasteiger partial charge on any atom is 0.264 e. The van der Waals surface area contributed by atoms with Crippen LogP contribution in [0.15, 0.2) is 82.7 Å². The van der Waals surface area contributed by atoms with Crippen molar-refractivity contribution in [2.45, 2.75) is 13.5 Å². The summed E-state index contributed by atoms with van der Waals surface area (Å²) < 4.78 is 12.0. The quantitative estimate of drug-likeness (QED) is 0.221. The highest BCUT2D eigenvalue weighted by atomic mass is 35.5. The highest BCUT2D eigenvalue weighted by molar-refractivity contribution is 8.18. The van der Waals surface area contributed by atoms with E-state index in [0.29, 0.717) is 61.1 Å². The van der Waals surface area contributed by atoms with Gasteiger partial charge in [0, 0.05) is 0 Å². The second kappa shape index (κ2) is 11.7. The molecule has 1 heterocycles. The molecule has 1 aliphatic rings. The lowest BCUT2D eigenvalue weighted by Gasteiger charge is -2.15. The normalized spacial score (nSPS) is 15.3. The second-order valence-corrected chi connectivity index (χ2v) is 10.5. The molecule has 4 aromatic carbocycles. The number of nitrogens with zero attached hydrogens (tertiary/aromatic N) is 1. The molecule has 9 heteroatoms. The molecule has 0 atom stereocenters. The number of thioether (sulfide) groups is 1. The molecule has 0 spiro atoms. The van der Waals surface area contributed by atoms with Crippen molar-refractivity contribution >= 4 is 80.2 Å². The molecule has 0 aliphatic carbocycles. The van der Waals surface area contributed by atoms with E-state index in [-0.39, 0.29) is 5.91 Å². The van der Waals surface area contributed by atoms with E-state index >= 15 is 0 Å². The van der Waals surface area contributed by atoms with E-state index in [1.54, 1.807) is 36.4 Å². The third-order valence-electron chi connectivity index (χ3n) is 5.69. The molecule has 0 radical (unpaired) electrons. The summed E-state index contributed by atoms with van der Waals surface area (Å²) >= 11 is 20.2. The first-order chi connectivity index (χ1) is 18.4. The number of hydrogen-bond donors (Lipinski definition) is 1.